The molecule has 1 rings (SSSR count). The molecule has 3 heteroatoms. The number of ether oxygens (including phenoxy) is 1. The van der Waals surface area contributed by atoms with Crippen LogP contribution >= 0.6 is 0 Å². The first kappa shape index (κ1) is 15.5. The largest absolute Gasteiger partial charge is 0.497 e. The Balaban J connectivity index is 2.88. The SMILES string of the molecule is COc1ccc(C(=O)NC(C)(C(C)C)C(C)C)cc1. The van der Waals surface area contributed by atoms with Crippen LogP contribution < -0.4 is 10.1 Å². The number of carbonyl (C=O) groups excluding carboxylic acids is 1. The Morgan fingerprint density at radius 1 is 1.11 bits per heavy atom. The van der Waals surface area contributed by atoms with Gasteiger partial charge in [0.25, 0.3) is 5.91 Å². The van der Waals surface area contributed by atoms with Gasteiger partial charge in [0.05, 0.1) is 7.11 Å². The van der Waals surface area contributed by atoms with Crippen molar-refractivity contribution in [2.45, 2.75) is 40.2 Å². The summed E-state index contributed by atoms with van der Waals surface area (Å²) < 4.78 is 5.09. The van der Waals surface area contributed by atoms with Crippen molar-refractivity contribution in [3.8, 4) is 5.75 Å². The lowest BCUT2D eigenvalue weighted by Crippen LogP contribution is -2.53. The van der Waals surface area contributed by atoms with Crippen molar-refractivity contribution in [2.75, 3.05) is 7.11 Å². The fourth-order valence-electron chi connectivity index (χ4n) is 2.01. The second-order valence-electron chi connectivity index (χ2n) is 5.77. The first-order chi connectivity index (χ1) is 8.81. The quantitative estimate of drug-likeness (QED) is 0.883. The molecule has 0 aliphatic carbocycles. The molecule has 0 bridgehead atoms. The second kappa shape index (κ2) is 6.09. The molecule has 3 nitrogen and oxygen atoms in total. The Labute approximate surface area is 116 Å². The van der Waals surface area contributed by atoms with Gasteiger partial charge in [-0.2, -0.15) is 0 Å². The molecular formula is C16H25NO2. The van der Waals surface area contributed by atoms with Gasteiger partial charge in [-0.1, -0.05) is 27.7 Å². The zero-order valence-corrected chi connectivity index (χ0v) is 12.8. The highest BCUT2D eigenvalue weighted by atomic mass is 16.5. The lowest BCUT2D eigenvalue weighted by atomic mass is 9.78. The maximum absolute atomic E-state index is 12.3. The van der Waals surface area contributed by atoms with Gasteiger partial charge < -0.3 is 10.1 Å². The zero-order chi connectivity index (χ0) is 14.6. The van der Waals surface area contributed by atoms with Crippen molar-refractivity contribution >= 4 is 5.91 Å². The van der Waals surface area contributed by atoms with Gasteiger partial charge in [0.15, 0.2) is 0 Å². The van der Waals surface area contributed by atoms with E-state index in [2.05, 4.69) is 39.9 Å². The van der Waals surface area contributed by atoms with E-state index in [-0.39, 0.29) is 11.4 Å². The molecule has 0 atom stereocenters. The van der Waals surface area contributed by atoms with Gasteiger partial charge in [-0.3, -0.25) is 4.79 Å². The van der Waals surface area contributed by atoms with Crippen LogP contribution in [0, 0.1) is 11.8 Å². The van der Waals surface area contributed by atoms with Crippen molar-refractivity contribution in [2.24, 2.45) is 11.8 Å². The molecule has 106 valence electrons. The first-order valence-electron chi connectivity index (χ1n) is 6.77. The molecule has 0 radical (unpaired) electrons. The van der Waals surface area contributed by atoms with E-state index in [4.69, 9.17) is 4.74 Å². The third-order valence-corrected chi connectivity index (χ3v) is 4.13. The minimum absolute atomic E-state index is 0.0347. The van der Waals surface area contributed by atoms with Crippen molar-refractivity contribution in [1.82, 2.24) is 5.32 Å². The summed E-state index contributed by atoms with van der Waals surface area (Å²) in [5.74, 6) is 1.46. The molecule has 0 saturated heterocycles. The highest BCUT2D eigenvalue weighted by Crippen LogP contribution is 2.26. The van der Waals surface area contributed by atoms with Crippen molar-refractivity contribution in [3.05, 3.63) is 29.8 Å². The fraction of sp³-hybridized carbons (Fsp3) is 0.562. The van der Waals surface area contributed by atoms with E-state index in [1.807, 2.05) is 0 Å². The molecule has 0 unspecified atom stereocenters. The van der Waals surface area contributed by atoms with Crippen LogP contribution in [0.3, 0.4) is 0 Å². The second-order valence-corrected chi connectivity index (χ2v) is 5.77. The van der Waals surface area contributed by atoms with Crippen LogP contribution in [-0.2, 0) is 0 Å². The van der Waals surface area contributed by atoms with Crippen LogP contribution in [0.4, 0.5) is 0 Å². The standard InChI is InChI=1S/C16H25NO2/c1-11(2)16(5,12(3)4)17-15(18)13-7-9-14(19-6)10-8-13/h7-12H,1-6H3,(H,17,18). The van der Waals surface area contributed by atoms with Gasteiger partial charge in [-0.05, 0) is 43.0 Å². The molecule has 0 heterocycles. The predicted octanol–water partition coefficient (Wildman–Crippen LogP) is 3.50. The summed E-state index contributed by atoms with van der Waals surface area (Å²) in [7, 11) is 1.61. The van der Waals surface area contributed by atoms with E-state index >= 15 is 0 Å². The van der Waals surface area contributed by atoms with Crippen LogP contribution in [-0.4, -0.2) is 18.6 Å². The molecule has 0 aliphatic rings. The Morgan fingerprint density at radius 3 is 1.95 bits per heavy atom. The third kappa shape index (κ3) is 3.49. The Kier molecular flexibility index (Phi) is 4.98. The maximum Gasteiger partial charge on any atom is 0.251 e. The summed E-state index contributed by atoms with van der Waals surface area (Å²) in [6, 6.07) is 7.18. The molecule has 0 spiro atoms. The number of carbonyl (C=O) groups is 1. The van der Waals surface area contributed by atoms with Crippen LogP contribution in [0.1, 0.15) is 45.0 Å². The topological polar surface area (TPSA) is 38.3 Å². The molecular weight excluding hydrogens is 238 g/mol. The zero-order valence-electron chi connectivity index (χ0n) is 12.8. The number of hydrogen-bond donors (Lipinski definition) is 1. The van der Waals surface area contributed by atoms with E-state index in [0.29, 0.717) is 17.4 Å². The van der Waals surface area contributed by atoms with Crippen LogP contribution in [0.5, 0.6) is 5.75 Å². The maximum atomic E-state index is 12.3. The van der Waals surface area contributed by atoms with E-state index in [0.717, 1.165) is 5.75 Å². The van der Waals surface area contributed by atoms with Crippen molar-refractivity contribution < 1.29 is 9.53 Å². The number of methoxy groups -OCH3 is 1. The number of amides is 1. The van der Waals surface area contributed by atoms with E-state index in [1.165, 1.54) is 0 Å². The average Bonchev–Trinajstić information content (AvgIpc) is 2.38. The smallest absolute Gasteiger partial charge is 0.251 e. The van der Waals surface area contributed by atoms with Gasteiger partial charge in [0, 0.05) is 11.1 Å². The van der Waals surface area contributed by atoms with Gasteiger partial charge in [-0.25, -0.2) is 0 Å². The monoisotopic (exact) mass is 263 g/mol. The van der Waals surface area contributed by atoms with E-state index in [1.54, 1.807) is 31.4 Å². The predicted molar refractivity (Wildman–Crippen MR) is 78.5 cm³/mol. The summed E-state index contributed by atoms with van der Waals surface area (Å²) in [6.45, 7) is 10.6. The molecule has 0 aliphatic heterocycles. The highest BCUT2D eigenvalue weighted by Gasteiger charge is 2.33. The van der Waals surface area contributed by atoms with Gasteiger partial charge >= 0.3 is 0 Å². The lowest BCUT2D eigenvalue weighted by Gasteiger charge is -2.38. The molecule has 0 aromatic heterocycles. The summed E-state index contributed by atoms with van der Waals surface area (Å²) in [6.07, 6.45) is 0. The molecule has 0 fully saturated rings. The molecule has 0 saturated carbocycles. The Bertz CT molecular complexity index is 413. The summed E-state index contributed by atoms with van der Waals surface area (Å²) >= 11 is 0. The van der Waals surface area contributed by atoms with Crippen LogP contribution in [0.25, 0.3) is 0 Å². The lowest BCUT2D eigenvalue weighted by molar-refractivity contribution is 0.0829. The number of rotatable bonds is 5. The van der Waals surface area contributed by atoms with Crippen LogP contribution in [0.2, 0.25) is 0 Å². The van der Waals surface area contributed by atoms with E-state index < -0.39 is 0 Å². The summed E-state index contributed by atoms with van der Waals surface area (Å²) in [5.41, 5.74) is 0.449. The molecule has 1 aromatic carbocycles. The highest BCUT2D eigenvalue weighted by molar-refractivity contribution is 5.94. The normalized spacial score (nSPS) is 11.8. The van der Waals surface area contributed by atoms with Crippen LogP contribution in [0.15, 0.2) is 24.3 Å². The summed E-state index contributed by atoms with van der Waals surface area (Å²) in [5, 5.41) is 3.17. The van der Waals surface area contributed by atoms with E-state index in [9.17, 15) is 4.79 Å². The number of nitrogens with one attached hydrogen (secondary N) is 1. The average molecular weight is 263 g/mol. The molecule has 19 heavy (non-hydrogen) atoms. The van der Waals surface area contributed by atoms with Gasteiger partial charge in [0.1, 0.15) is 5.75 Å². The van der Waals surface area contributed by atoms with Gasteiger partial charge in [-0.15, -0.1) is 0 Å². The fourth-order valence-corrected chi connectivity index (χ4v) is 2.01. The Morgan fingerprint density at radius 2 is 1.58 bits per heavy atom. The van der Waals surface area contributed by atoms with Crippen molar-refractivity contribution in [1.29, 1.82) is 0 Å². The molecule has 1 aromatic rings. The summed E-state index contributed by atoms with van der Waals surface area (Å²) in [4.78, 5) is 12.3. The van der Waals surface area contributed by atoms with Crippen molar-refractivity contribution in [3.63, 3.8) is 0 Å². The molecule has 1 amide bonds. The molecule has 1 N–H and O–H groups in total. The third-order valence-electron chi connectivity index (χ3n) is 4.13. The first-order valence-corrected chi connectivity index (χ1v) is 6.77. The minimum Gasteiger partial charge on any atom is -0.497 e. The number of benzene rings is 1. The number of hydrogen-bond acceptors (Lipinski definition) is 2. The Hall–Kier alpha value is -1.51. The van der Waals surface area contributed by atoms with Gasteiger partial charge in [0.2, 0.25) is 0 Å². The minimum atomic E-state index is -0.211.